The highest BCUT2D eigenvalue weighted by atomic mass is 35.5. The van der Waals surface area contributed by atoms with Crippen molar-refractivity contribution >= 4 is 36.2 Å². The van der Waals surface area contributed by atoms with Crippen molar-refractivity contribution in [2.75, 3.05) is 6.54 Å². The topological polar surface area (TPSA) is 125 Å². The lowest BCUT2D eigenvalue weighted by atomic mass is 9.82. The van der Waals surface area contributed by atoms with Crippen molar-refractivity contribution in [3.63, 3.8) is 0 Å². The lowest BCUT2D eigenvalue weighted by Gasteiger charge is -2.31. The third-order valence-electron chi connectivity index (χ3n) is 5.47. The molecule has 0 aliphatic heterocycles. The first kappa shape index (κ1) is 32.6. The van der Waals surface area contributed by atoms with Crippen LogP contribution in [0.4, 0.5) is 0 Å². The third-order valence-corrected chi connectivity index (χ3v) is 5.47. The van der Waals surface area contributed by atoms with E-state index in [1.54, 1.807) is 5.48 Å². The Morgan fingerprint density at radius 2 is 1.66 bits per heavy atom. The number of carbonyl (C=O) groups excluding carboxylic acids is 3. The number of hydrogen-bond acceptors (Lipinski definition) is 5. The van der Waals surface area contributed by atoms with Gasteiger partial charge in [0.05, 0.1) is 17.9 Å². The highest BCUT2D eigenvalue weighted by molar-refractivity contribution is 5.89. The maximum absolute atomic E-state index is 13.4. The molecule has 9 heteroatoms. The van der Waals surface area contributed by atoms with Crippen LogP contribution in [0, 0.1) is 23.7 Å². The number of allylic oxidation sites excluding steroid dienone is 1. The molecule has 1 aromatic rings. The highest BCUT2D eigenvalue weighted by Crippen LogP contribution is 2.26. The molecule has 0 radical (unpaired) electrons. The van der Waals surface area contributed by atoms with E-state index in [0.29, 0.717) is 19.4 Å². The van der Waals surface area contributed by atoms with E-state index in [1.807, 2.05) is 77.1 Å². The van der Waals surface area contributed by atoms with Gasteiger partial charge in [0.25, 0.3) is 5.91 Å². The summed E-state index contributed by atoms with van der Waals surface area (Å²) in [6.45, 7) is 10.1. The van der Waals surface area contributed by atoms with Crippen LogP contribution in [0.15, 0.2) is 36.4 Å². The van der Waals surface area contributed by atoms with E-state index in [0.717, 1.165) is 12.0 Å². The summed E-state index contributed by atoms with van der Waals surface area (Å²) in [7, 11) is 0. The number of halogens is 1. The highest BCUT2D eigenvalue weighted by Gasteiger charge is 2.35. The van der Waals surface area contributed by atoms with Gasteiger partial charge in [-0.15, -0.1) is 12.4 Å². The zero-order chi connectivity index (χ0) is 25.7. The molecule has 198 valence electrons. The summed E-state index contributed by atoms with van der Waals surface area (Å²) in [4.78, 5) is 38.9. The van der Waals surface area contributed by atoms with Crippen molar-refractivity contribution in [3.05, 3.63) is 42.0 Å². The number of amides is 3. The van der Waals surface area contributed by atoms with Gasteiger partial charge in [0, 0.05) is 6.54 Å². The number of nitrogens with two attached hydrogens (primary N) is 1. The Hall–Kier alpha value is -2.42. The summed E-state index contributed by atoms with van der Waals surface area (Å²) in [5.41, 5.74) is 11.5. The lowest BCUT2D eigenvalue weighted by Crippen LogP contribution is -2.56. The molecule has 0 aliphatic carbocycles. The SMILES string of the molecule is CCC[C@@H](N)C(=O)N(CC(C)C)NC(=O)[C@H](CC(C)C)[C@H](CC=Cc1ccccc1)C(=O)NO.Cl. The quantitative estimate of drug-likeness (QED) is 0.236. The van der Waals surface area contributed by atoms with Crippen molar-refractivity contribution in [1.29, 1.82) is 0 Å². The molecule has 1 aromatic carbocycles. The lowest BCUT2D eigenvalue weighted by molar-refractivity contribution is -0.148. The minimum Gasteiger partial charge on any atom is -0.320 e. The molecule has 0 bridgehead atoms. The molecule has 0 unspecified atom stereocenters. The van der Waals surface area contributed by atoms with Crippen molar-refractivity contribution in [2.45, 2.75) is 66.3 Å². The molecule has 0 spiro atoms. The molecule has 0 heterocycles. The predicted molar refractivity (Wildman–Crippen MR) is 141 cm³/mol. The zero-order valence-corrected chi connectivity index (χ0v) is 22.4. The van der Waals surface area contributed by atoms with Crippen LogP contribution in [0.5, 0.6) is 0 Å². The summed E-state index contributed by atoms with van der Waals surface area (Å²) < 4.78 is 0. The van der Waals surface area contributed by atoms with Gasteiger partial charge in [0.15, 0.2) is 0 Å². The Labute approximate surface area is 216 Å². The minimum absolute atomic E-state index is 0. The Balaban J connectivity index is 0.0000116. The Kier molecular flexibility index (Phi) is 15.9. The third kappa shape index (κ3) is 11.7. The monoisotopic (exact) mass is 510 g/mol. The van der Waals surface area contributed by atoms with E-state index >= 15 is 0 Å². The van der Waals surface area contributed by atoms with Gasteiger partial charge in [0.1, 0.15) is 0 Å². The number of nitrogens with zero attached hydrogens (tertiary/aromatic N) is 1. The van der Waals surface area contributed by atoms with Crippen LogP contribution in [0.1, 0.15) is 65.9 Å². The summed E-state index contributed by atoms with van der Waals surface area (Å²) in [5, 5.41) is 10.7. The summed E-state index contributed by atoms with van der Waals surface area (Å²) in [5.74, 6) is -2.77. The van der Waals surface area contributed by atoms with Crippen LogP contribution in [0.3, 0.4) is 0 Å². The maximum Gasteiger partial charge on any atom is 0.257 e. The van der Waals surface area contributed by atoms with E-state index in [2.05, 4.69) is 5.43 Å². The molecule has 3 atom stereocenters. The first-order valence-corrected chi connectivity index (χ1v) is 12.1. The van der Waals surface area contributed by atoms with Crippen LogP contribution in [-0.2, 0) is 14.4 Å². The first-order valence-electron chi connectivity index (χ1n) is 12.1. The van der Waals surface area contributed by atoms with E-state index in [4.69, 9.17) is 5.73 Å². The van der Waals surface area contributed by atoms with Gasteiger partial charge in [-0.25, -0.2) is 5.48 Å². The van der Waals surface area contributed by atoms with Crippen LogP contribution in [-0.4, -0.2) is 40.5 Å². The molecule has 8 nitrogen and oxygen atoms in total. The molecule has 0 saturated carbocycles. The van der Waals surface area contributed by atoms with Crippen molar-refractivity contribution in [3.8, 4) is 0 Å². The molecule has 1 rings (SSSR count). The van der Waals surface area contributed by atoms with Crippen molar-refractivity contribution < 1.29 is 19.6 Å². The molecule has 3 amide bonds. The molecular formula is C26H43ClN4O4. The van der Waals surface area contributed by atoms with Gasteiger partial charge < -0.3 is 5.73 Å². The van der Waals surface area contributed by atoms with Gasteiger partial charge in [-0.1, -0.05) is 83.5 Å². The number of hydrazine groups is 1. The number of hydrogen-bond donors (Lipinski definition) is 4. The summed E-state index contributed by atoms with van der Waals surface area (Å²) >= 11 is 0. The number of benzene rings is 1. The van der Waals surface area contributed by atoms with Crippen molar-refractivity contribution in [2.24, 2.45) is 29.4 Å². The van der Waals surface area contributed by atoms with E-state index in [1.165, 1.54) is 5.01 Å². The number of carbonyl (C=O) groups is 3. The predicted octanol–water partition coefficient (Wildman–Crippen LogP) is 3.94. The maximum atomic E-state index is 13.4. The Morgan fingerprint density at radius 3 is 2.17 bits per heavy atom. The standard InChI is InChI=1S/C26H42N4O4.ClH/c1-6-11-23(27)26(33)30(17-19(4)5)28-24(31)22(16-18(2)3)21(25(32)29-34)15-10-14-20-12-8-7-9-13-20;/h7-10,12-14,18-19,21-23,34H,6,11,15-17,27H2,1-5H3,(H,28,31)(H,29,32);1H/t21-,22+,23+;/m0./s1. The van der Waals surface area contributed by atoms with E-state index in [9.17, 15) is 19.6 Å². The van der Waals surface area contributed by atoms with Crippen LogP contribution >= 0.6 is 12.4 Å². The fraction of sp³-hybridized carbons (Fsp3) is 0.577. The second-order valence-electron chi connectivity index (χ2n) is 9.58. The largest absolute Gasteiger partial charge is 0.320 e. The average Bonchev–Trinajstić information content (AvgIpc) is 2.79. The van der Waals surface area contributed by atoms with Crippen molar-refractivity contribution in [1.82, 2.24) is 15.9 Å². The average molecular weight is 511 g/mol. The number of rotatable bonds is 13. The second kappa shape index (κ2) is 17.1. The van der Waals surface area contributed by atoms with E-state index < -0.39 is 29.7 Å². The molecular weight excluding hydrogens is 468 g/mol. The van der Waals surface area contributed by atoms with Gasteiger partial charge in [-0.2, -0.15) is 0 Å². The molecule has 0 fully saturated rings. The summed E-state index contributed by atoms with van der Waals surface area (Å²) in [6.07, 6.45) is 5.62. The fourth-order valence-electron chi connectivity index (χ4n) is 3.82. The van der Waals surface area contributed by atoms with Gasteiger partial charge in [0.2, 0.25) is 11.8 Å². The smallest absolute Gasteiger partial charge is 0.257 e. The van der Waals surface area contributed by atoms with Gasteiger partial charge in [-0.05, 0) is 36.7 Å². The van der Waals surface area contributed by atoms with E-state index in [-0.39, 0.29) is 36.6 Å². The first-order chi connectivity index (χ1) is 16.1. The molecule has 35 heavy (non-hydrogen) atoms. The molecule has 5 N–H and O–H groups in total. The van der Waals surface area contributed by atoms with Crippen LogP contribution in [0.25, 0.3) is 6.08 Å². The summed E-state index contributed by atoms with van der Waals surface area (Å²) in [6, 6.07) is 8.90. The van der Waals surface area contributed by atoms with Crippen LogP contribution in [0.2, 0.25) is 0 Å². The normalized spacial score (nSPS) is 13.7. The fourth-order valence-corrected chi connectivity index (χ4v) is 3.82. The second-order valence-corrected chi connectivity index (χ2v) is 9.58. The Bertz CT molecular complexity index is 802. The van der Waals surface area contributed by atoms with Gasteiger partial charge >= 0.3 is 0 Å². The minimum atomic E-state index is -0.812. The van der Waals surface area contributed by atoms with Crippen LogP contribution < -0.4 is 16.6 Å². The number of hydroxylamine groups is 1. The molecule has 0 saturated heterocycles. The van der Waals surface area contributed by atoms with Gasteiger partial charge in [-0.3, -0.25) is 30.0 Å². The zero-order valence-electron chi connectivity index (χ0n) is 21.6. The molecule has 0 aliphatic rings. The molecule has 0 aromatic heterocycles. The Morgan fingerprint density at radius 1 is 1.03 bits per heavy atom. The number of nitrogens with one attached hydrogen (secondary N) is 2.